The molecule has 114 valence electrons. The van der Waals surface area contributed by atoms with Gasteiger partial charge in [0, 0.05) is 15.7 Å². The van der Waals surface area contributed by atoms with Gasteiger partial charge >= 0.3 is 5.97 Å². The molecule has 0 atom stereocenters. The first kappa shape index (κ1) is 16.2. The van der Waals surface area contributed by atoms with Crippen LogP contribution in [-0.4, -0.2) is 17.0 Å². The van der Waals surface area contributed by atoms with Gasteiger partial charge in [-0.15, -0.1) is 0 Å². The minimum atomic E-state index is -1.01. The van der Waals surface area contributed by atoms with E-state index in [0.717, 1.165) is 15.6 Å². The lowest BCUT2D eigenvalue weighted by atomic mass is 10.0. The number of anilines is 1. The van der Waals surface area contributed by atoms with Crippen molar-refractivity contribution in [3.63, 3.8) is 0 Å². The van der Waals surface area contributed by atoms with Crippen LogP contribution in [0.3, 0.4) is 0 Å². The number of carboxylic acids is 1. The van der Waals surface area contributed by atoms with Crippen molar-refractivity contribution in [3.8, 4) is 0 Å². The number of hydrogen-bond acceptors (Lipinski definition) is 2. The molecule has 0 spiro atoms. The molecule has 0 aliphatic heterocycles. The number of aromatic carboxylic acids is 1. The van der Waals surface area contributed by atoms with E-state index in [0.29, 0.717) is 16.8 Å². The van der Waals surface area contributed by atoms with Crippen molar-refractivity contribution in [2.24, 2.45) is 0 Å². The van der Waals surface area contributed by atoms with Crippen molar-refractivity contribution in [1.29, 1.82) is 0 Å². The van der Waals surface area contributed by atoms with Crippen molar-refractivity contribution >= 4 is 33.5 Å². The summed E-state index contributed by atoms with van der Waals surface area (Å²) in [7, 11) is 0. The summed E-state index contributed by atoms with van der Waals surface area (Å²) >= 11 is 3.35. The van der Waals surface area contributed by atoms with Gasteiger partial charge in [0.1, 0.15) is 0 Å². The molecule has 2 aromatic rings. The largest absolute Gasteiger partial charge is 0.478 e. The lowest BCUT2D eigenvalue weighted by Gasteiger charge is -2.14. The normalized spacial score (nSPS) is 10.4. The maximum absolute atomic E-state index is 12.5. The van der Waals surface area contributed by atoms with Crippen molar-refractivity contribution in [2.45, 2.75) is 20.8 Å². The fraction of sp³-hybridized carbons (Fsp3) is 0.176. The van der Waals surface area contributed by atoms with E-state index in [1.807, 2.05) is 26.0 Å². The lowest BCUT2D eigenvalue weighted by molar-refractivity contribution is 0.0695. The molecule has 4 nitrogen and oxygen atoms in total. The average molecular weight is 362 g/mol. The smallest absolute Gasteiger partial charge is 0.336 e. The molecule has 2 aromatic carbocycles. The quantitative estimate of drug-likeness (QED) is 0.854. The Hall–Kier alpha value is -2.14. The van der Waals surface area contributed by atoms with Gasteiger partial charge < -0.3 is 10.4 Å². The molecule has 0 saturated carbocycles. The van der Waals surface area contributed by atoms with Crippen molar-refractivity contribution in [3.05, 3.63) is 62.6 Å². The van der Waals surface area contributed by atoms with E-state index < -0.39 is 5.97 Å². The third-order valence-electron chi connectivity index (χ3n) is 3.59. The highest BCUT2D eigenvalue weighted by molar-refractivity contribution is 9.10. The maximum atomic E-state index is 12.5. The number of amides is 1. The van der Waals surface area contributed by atoms with Crippen LogP contribution < -0.4 is 5.32 Å². The van der Waals surface area contributed by atoms with Crippen LogP contribution in [0.15, 0.2) is 34.8 Å². The van der Waals surface area contributed by atoms with Gasteiger partial charge in [-0.3, -0.25) is 4.79 Å². The van der Waals surface area contributed by atoms with Crippen LogP contribution in [0.4, 0.5) is 5.69 Å². The van der Waals surface area contributed by atoms with Gasteiger partial charge in [0.05, 0.1) is 5.56 Å². The Labute approximate surface area is 137 Å². The first-order chi connectivity index (χ1) is 10.3. The van der Waals surface area contributed by atoms with Crippen LogP contribution in [0.5, 0.6) is 0 Å². The van der Waals surface area contributed by atoms with E-state index in [1.165, 1.54) is 0 Å². The number of carbonyl (C=O) groups excluding carboxylic acids is 1. The Morgan fingerprint density at radius 3 is 2.27 bits per heavy atom. The third kappa shape index (κ3) is 3.20. The summed E-state index contributed by atoms with van der Waals surface area (Å²) in [5, 5.41) is 12.0. The van der Waals surface area contributed by atoms with Gasteiger partial charge in [0.2, 0.25) is 0 Å². The fourth-order valence-corrected chi connectivity index (χ4v) is 2.65. The molecule has 22 heavy (non-hydrogen) atoms. The van der Waals surface area contributed by atoms with E-state index in [9.17, 15) is 14.7 Å². The zero-order valence-electron chi connectivity index (χ0n) is 12.5. The van der Waals surface area contributed by atoms with Crippen LogP contribution >= 0.6 is 15.9 Å². The molecule has 0 saturated heterocycles. The molecular formula is C17H16BrNO3. The van der Waals surface area contributed by atoms with Crippen LogP contribution in [0, 0.1) is 20.8 Å². The van der Waals surface area contributed by atoms with E-state index in [2.05, 4.69) is 21.2 Å². The van der Waals surface area contributed by atoms with Gasteiger partial charge in [-0.05, 0) is 55.7 Å². The number of halogens is 1. The predicted octanol–water partition coefficient (Wildman–Crippen LogP) is 4.32. The Kier molecular flexibility index (Phi) is 4.66. The molecule has 5 heteroatoms. The van der Waals surface area contributed by atoms with E-state index in [1.54, 1.807) is 25.1 Å². The summed E-state index contributed by atoms with van der Waals surface area (Å²) in [5.41, 5.74) is 3.51. The summed E-state index contributed by atoms with van der Waals surface area (Å²) < 4.78 is 0.816. The predicted molar refractivity (Wildman–Crippen MR) is 89.7 cm³/mol. The number of carbonyl (C=O) groups is 2. The summed E-state index contributed by atoms with van der Waals surface area (Å²) in [6, 6.07) is 8.71. The standard InChI is InChI=1S/C17H16BrNO3/c1-9-4-6-12(18)8-14(9)16(20)19-15-10(2)5-7-13(11(15)3)17(21)22/h4-8H,1-3H3,(H,19,20)(H,21,22). The van der Waals surface area contributed by atoms with Crippen LogP contribution in [-0.2, 0) is 0 Å². The third-order valence-corrected chi connectivity index (χ3v) is 4.08. The van der Waals surface area contributed by atoms with Crippen LogP contribution in [0.2, 0.25) is 0 Å². The Morgan fingerprint density at radius 1 is 1.00 bits per heavy atom. The molecular weight excluding hydrogens is 346 g/mol. The zero-order valence-corrected chi connectivity index (χ0v) is 14.1. The molecule has 0 aromatic heterocycles. The highest BCUT2D eigenvalue weighted by Crippen LogP contribution is 2.25. The second-order valence-electron chi connectivity index (χ2n) is 5.15. The van der Waals surface area contributed by atoms with E-state index in [-0.39, 0.29) is 11.5 Å². The highest BCUT2D eigenvalue weighted by Gasteiger charge is 2.16. The summed E-state index contributed by atoms with van der Waals surface area (Å²) in [5.74, 6) is -1.26. The lowest BCUT2D eigenvalue weighted by Crippen LogP contribution is -2.16. The van der Waals surface area contributed by atoms with Gasteiger partial charge in [0.15, 0.2) is 0 Å². The number of aryl methyl sites for hydroxylation is 2. The molecule has 0 fully saturated rings. The van der Waals surface area contributed by atoms with Gasteiger partial charge in [-0.2, -0.15) is 0 Å². The summed E-state index contributed by atoms with van der Waals surface area (Å²) in [6.45, 7) is 5.39. The molecule has 1 amide bonds. The number of carboxylic acid groups (broad SMARTS) is 1. The molecule has 0 heterocycles. The minimum Gasteiger partial charge on any atom is -0.478 e. The van der Waals surface area contributed by atoms with Crippen LogP contribution in [0.25, 0.3) is 0 Å². The molecule has 2 N–H and O–H groups in total. The van der Waals surface area contributed by atoms with Crippen LogP contribution in [0.1, 0.15) is 37.4 Å². The highest BCUT2D eigenvalue weighted by atomic mass is 79.9. The maximum Gasteiger partial charge on any atom is 0.336 e. The molecule has 0 aliphatic carbocycles. The number of hydrogen-bond donors (Lipinski definition) is 2. The second kappa shape index (κ2) is 6.32. The average Bonchev–Trinajstić information content (AvgIpc) is 2.45. The minimum absolute atomic E-state index is 0.187. The Morgan fingerprint density at radius 2 is 1.64 bits per heavy atom. The zero-order chi connectivity index (χ0) is 16.4. The number of rotatable bonds is 3. The fourth-order valence-electron chi connectivity index (χ4n) is 2.29. The Bertz CT molecular complexity index is 769. The van der Waals surface area contributed by atoms with Crippen molar-refractivity contribution in [2.75, 3.05) is 5.32 Å². The SMILES string of the molecule is Cc1ccc(Br)cc1C(=O)Nc1c(C)ccc(C(=O)O)c1C. The number of nitrogens with one attached hydrogen (secondary N) is 1. The van der Waals surface area contributed by atoms with Crippen molar-refractivity contribution in [1.82, 2.24) is 0 Å². The molecule has 0 aliphatic rings. The van der Waals surface area contributed by atoms with Gasteiger partial charge in [0.25, 0.3) is 5.91 Å². The second-order valence-corrected chi connectivity index (χ2v) is 6.06. The first-order valence-electron chi connectivity index (χ1n) is 6.72. The summed E-state index contributed by atoms with van der Waals surface area (Å²) in [6.07, 6.45) is 0. The van der Waals surface area contributed by atoms with E-state index >= 15 is 0 Å². The Balaban J connectivity index is 2.42. The molecule has 0 radical (unpaired) electrons. The molecule has 0 bridgehead atoms. The van der Waals surface area contributed by atoms with Crippen molar-refractivity contribution < 1.29 is 14.7 Å². The summed E-state index contributed by atoms with van der Waals surface area (Å²) in [4.78, 5) is 23.7. The number of benzene rings is 2. The molecule has 2 rings (SSSR count). The van der Waals surface area contributed by atoms with E-state index in [4.69, 9.17) is 0 Å². The monoisotopic (exact) mass is 361 g/mol. The topological polar surface area (TPSA) is 66.4 Å². The van der Waals surface area contributed by atoms with Gasteiger partial charge in [-0.25, -0.2) is 4.79 Å². The molecule has 0 unspecified atom stereocenters. The van der Waals surface area contributed by atoms with Gasteiger partial charge in [-0.1, -0.05) is 28.1 Å². The first-order valence-corrected chi connectivity index (χ1v) is 7.51.